The van der Waals surface area contributed by atoms with Crippen LogP contribution in [0.3, 0.4) is 0 Å². The first-order valence-corrected chi connectivity index (χ1v) is 8.33. The molecular formula is C19H17ClN2O. The number of H-pyrrole nitrogens is 1. The molecule has 0 spiro atoms. The molecule has 3 nitrogen and oxygen atoms in total. The number of nitrogens with zero attached hydrogens (tertiary/aromatic N) is 1. The SMILES string of the molecule is O=C(CCl)N1CCc2c([nH]c3ccccc23)C1c1ccccc1. The van der Waals surface area contributed by atoms with Crippen LogP contribution in [0, 0.1) is 0 Å². The lowest BCUT2D eigenvalue weighted by atomic mass is 9.92. The predicted octanol–water partition coefficient (Wildman–Crippen LogP) is 3.88. The molecule has 1 aliphatic heterocycles. The monoisotopic (exact) mass is 324 g/mol. The quantitative estimate of drug-likeness (QED) is 0.713. The van der Waals surface area contributed by atoms with E-state index in [1.54, 1.807) is 0 Å². The Hall–Kier alpha value is -2.26. The van der Waals surface area contributed by atoms with Gasteiger partial charge in [0.2, 0.25) is 5.91 Å². The zero-order valence-electron chi connectivity index (χ0n) is 12.6. The van der Waals surface area contributed by atoms with E-state index in [0.29, 0.717) is 6.54 Å². The zero-order chi connectivity index (χ0) is 15.8. The molecule has 23 heavy (non-hydrogen) atoms. The van der Waals surface area contributed by atoms with Gasteiger partial charge in [0.25, 0.3) is 0 Å². The fourth-order valence-electron chi connectivity index (χ4n) is 3.57. The minimum atomic E-state index is -0.0985. The van der Waals surface area contributed by atoms with Crippen molar-refractivity contribution in [2.45, 2.75) is 12.5 Å². The Bertz CT molecular complexity index is 856. The summed E-state index contributed by atoms with van der Waals surface area (Å²) in [5.41, 5.74) is 4.66. The smallest absolute Gasteiger partial charge is 0.238 e. The molecule has 1 N–H and O–H groups in total. The second-order valence-electron chi connectivity index (χ2n) is 5.85. The number of para-hydroxylation sites is 1. The number of halogens is 1. The van der Waals surface area contributed by atoms with Gasteiger partial charge in [-0.05, 0) is 23.6 Å². The van der Waals surface area contributed by atoms with Gasteiger partial charge in [0.15, 0.2) is 0 Å². The topological polar surface area (TPSA) is 36.1 Å². The molecular weight excluding hydrogens is 308 g/mol. The average Bonchev–Trinajstić information content (AvgIpc) is 2.99. The molecule has 0 fully saturated rings. The van der Waals surface area contributed by atoms with Crippen LogP contribution in [0.4, 0.5) is 0 Å². The molecule has 2 aromatic carbocycles. The summed E-state index contributed by atoms with van der Waals surface area (Å²) in [6, 6.07) is 18.4. The molecule has 1 aromatic heterocycles. The van der Waals surface area contributed by atoms with Gasteiger partial charge in [-0.2, -0.15) is 0 Å². The van der Waals surface area contributed by atoms with Crippen LogP contribution in [0.1, 0.15) is 22.9 Å². The Morgan fingerprint density at radius 3 is 2.65 bits per heavy atom. The van der Waals surface area contributed by atoms with Crippen molar-refractivity contribution >= 4 is 28.4 Å². The van der Waals surface area contributed by atoms with E-state index in [-0.39, 0.29) is 17.8 Å². The Kier molecular flexibility index (Phi) is 3.58. The van der Waals surface area contributed by atoms with Crippen molar-refractivity contribution in [1.29, 1.82) is 0 Å². The minimum absolute atomic E-state index is 0.0128. The van der Waals surface area contributed by atoms with E-state index in [9.17, 15) is 4.79 Å². The van der Waals surface area contributed by atoms with Crippen molar-refractivity contribution in [2.75, 3.05) is 12.4 Å². The number of nitrogens with one attached hydrogen (secondary N) is 1. The average molecular weight is 325 g/mol. The molecule has 3 aromatic rings. The van der Waals surface area contributed by atoms with E-state index >= 15 is 0 Å². The molecule has 0 saturated carbocycles. The van der Waals surface area contributed by atoms with Crippen molar-refractivity contribution in [3.63, 3.8) is 0 Å². The number of hydrogen-bond donors (Lipinski definition) is 1. The van der Waals surface area contributed by atoms with Crippen LogP contribution in [-0.4, -0.2) is 28.2 Å². The summed E-state index contributed by atoms with van der Waals surface area (Å²) in [6.45, 7) is 0.694. The van der Waals surface area contributed by atoms with E-state index < -0.39 is 0 Å². The highest BCUT2D eigenvalue weighted by Gasteiger charge is 2.33. The maximum Gasteiger partial charge on any atom is 0.238 e. The molecule has 1 amide bonds. The van der Waals surface area contributed by atoms with E-state index in [1.165, 1.54) is 10.9 Å². The van der Waals surface area contributed by atoms with E-state index in [1.807, 2.05) is 29.2 Å². The number of aromatic nitrogens is 1. The highest BCUT2D eigenvalue weighted by atomic mass is 35.5. The third-order valence-electron chi connectivity index (χ3n) is 4.58. The summed E-state index contributed by atoms with van der Waals surface area (Å²) in [4.78, 5) is 17.8. The summed E-state index contributed by atoms with van der Waals surface area (Å²) >= 11 is 5.84. The normalized spacial score (nSPS) is 17.3. The van der Waals surface area contributed by atoms with Gasteiger partial charge in [-0.3, -0.25) is 4.79 Å². The van der Waals surface area contributed by atoms with Crippen LogP contribution in [0.25, 0.3) is 10.9 Å². The molecule has 0 bridgehead atoms. The molecule has 0 saturated heterocycles. The molecule has 1 unspecified atom stereocenters. The zero-order valence-corrected chi connectivity index (χ0v) is 13.4. The van der Waals surface area contributed by atoms with E-state index in [0.717, 1.165) is 23.2 Å². The van der Waals surface area contributed by atoms with Crippen LogP contribution in [0.2, 0.25) is 0 Å². The molecule has 116 valence electrons. The number of fused-ring (bicyclic) bond motifs is 3. The standard InChI is InChI=1S/C19H17ClN2O/c20-12-17(23)22-11-10-15-14-8-4-5-9-16(14)21-18(15)19(22)13-6-2-1-3-7-13/h1-9,19,21H,10-12H2. The molecule has 4 heteroatoms. The van der Waals surface area contributed by atoms with E-state index in [4.69, 9.17) is 11.6 Å². The second-order valence-corrected chi connectivity index (χ2v) is 6.11. The highest BCUT2D eigenvalue weighted by Crippen LogP contribution is 2.38. The lowest BCUT2D eigenvalue weighted by Gasteiger charge is -2.36. The van der Waals surface area contributed by atoms with Gasteiger partial charge >= 0.3 is 0 Å². The van der Waals surface area contributed by atoms with Crippen molar-refractivity contribution in [3.8, 4) is 0 Å². The van der Waals surface area contributed by atoms with Gasteiger partial charge in [0.05, 0.1) is 6.04 Å². The number of carbonyl (C=O) groups is 1. The number of rotatable bonds is 2. The lowest BCUT2D eigenvalue weighted by Crippen LogP contribution is -2.41. The maximum atomic E-state index is 12.4. The van der Waals surface area contributed by atoms with Crippen molar-refractivity contribution in [3.05, 3.63) is 71.4 Å². The van der Waals surface area contributed by atoms with Crippen LogP contribution in [0.5, 0.6) is 0 Å². The Morgan fingerprint density at radius 1 is 1.13 bits per heavy atom. The van der Waals surface area contributed by atoms with Gasteiger partial charge in [0.1, 0.15) is 5.88 Å². The first-order chi connectivity index (χ1) is 11.3. The fourth-order valence-corrected chi connectivity index (χ4v) is 3.72. The minimum Gasteiger partial charge on any atom is -0.356 e. The third kappa shape index (κ3) is 2.32. The first kappa shape index (κ1) is 14.3. The van der Waals surface area contributed by atoms with Gasteiger partial charge in [0, 0.05) is 23.1 Å². The largest absolute Gasteiger partial charge is 0.356 e. The molecule has 1 aliphatic rings. The van der Waals surface area contributed by atoms with Crippen LogP contribution in [-0.2, 0) is 11.2 Å². The predicted molar refractivity (Wildman–Crippen MR) is 92.7 cm³/mol. The van der Waals surface area contributed by atoms with Crippen LogP contribution < -0.4 is 0 Å². The second kappa shape index (κ2) is 5.74. The fraction of sp³-hybridized carbons (Fsp3) is 0.211. The third-order valence-corrected chi connectivity index (χ3v) is 4.81. The Labute approximate surface area is 139 Å². The molecule has 0 aliphatic carbocycles. The summed E-state index contributed by atoms with van der Waals surface area (Å²) in [5.74, 6) is -0.0105. The number of alkyl halides is 1. The molecule has 4 rings (SSSR count). The number of aromatic amines is 1. The summed E-state index contributed by atoms with van der Waals surface area (Å²) in [6.07, 6.45) is 0.852. The number of carbonyl (C=O) groups excluding carboxylic acids is 1. The molecule has 0 radical (unpaired) electrons. The van der Waals surface area contributed by atoms with Crippen LogP contribution >= 0.6 is 11.6 Å². The van der Waals surface area contributed by atoms with Gasteiger partial charge in [-0.15, -0.1) is 11.6 Å². The van der Waals surface area contributed by atoms with Crippen LogP contribution in [0.15, 0.2) is 54.6 Å². The molecule has 1 atom stereocenters. The Morgan fingerprint density at radius 2 is 1.87 bits per heavy atom. The first-order valence-electron chi connectivity index (χ1n) is 7.79. The maximum absolute atomic E-state index is 12.4. The summed E-state index contributed by atoms with van der Waals surface area (Å²) in [5, 5.41) is 1.25. The number of benzene rings is 2. The number of amides is 1. The van der Waals surface area contributed by atoms with Gasteiger partial charge in [-0.1, -0.05) is 48.5 Å². The van der Waals surface area contributed by atoms with Gasteiger partial charge < -0.3 is 9.88 Å². The highest BCUT2D eigenvalue weighted by molar-refractivity contribution is 6.27. The van der Waals surface area contributed by atoms with Crippen molar-refractivity contribution in [2.24, 2.45) is 0 Å². The van der Waals surface area contributed by atoms with Crippen molar-refractivity contribution in [1.82, 2.24) is 9.88 Å². The number of hydrogen-bond acceptors (Lipinski definition) is 1. The molecule has 2 heterocycles. The lowest BCUT2D eigenvalue weighted by molar-refractivity contribution is -0.130. The van der Waals surface area contributed by atoms with Crippen molar-refractivity contribution < 1.29 is 4.79 Å². The van der Waals surface area contributed by atoms with Gasteiger partial charge in [-0.25, -0.2) is 0 Å². The summed E-state index contributed by atoms with van der Waals surface area (Å²) in [7, 11) is 0. The van der Waals surface area contributed by atoms with E-state index in [2.05, 4.69) is 35.3 Å². The summed E-state index contributed by atoms with van der Waals surface area (Å²) < 4.78 is 0. The Balaban J connectivity index is 1.92.